The first kappa shape index (κ1) is 46.9. The van der Waals surface area contributed by atoms with Crippen LogP contribution in [0, 0.1) is 0 Å². The summed E-state index contributed by atoms with van der Waals surface area (Å²) in [6.07, 6.45) is 51.7. The Morgan fingerprint density at radius 3 is 1.58 bits per heavy atom. The smallest absolute Gasteiger partial charge is 0.322 e. The quantitative estimate of drug-likeness (QED) is 0.0391. The zero-order valence-corrected chi connectivity index (χ0v) is 32.0. The van der Waals surface area contributed by atoms with Crippen LogP contribution in [0.1, 0.15) is 174 Å². The van der Waals surface area contributed by atoms with E-state index in [1.807, 2.05) is 12.2 Å². The average Bonchev–Trinajstić information content (AvgIpc) is 3.10. The molecule has 0 radical (unpaired) electrons. The number of carbonyl (C=O) groups excluding carboxylic acids is 2. The van der Waals surface area contributed by atoms with Crippen molar-refractivity contribution in [3.8, 4) is 0 Å². The Balaban J connectivity index is 4.30. The topological polar surface area (TPSA) is 92.7 Å². The number of hydrogen-bond acceptors (Lipinski definition) is 4. The Labute approximate surface area is 306 Å². The normalized spacial score (nSPS) is 12.8. The second kappa shape index (κ2) is 38.6. The van der Waals surface area contributed by atoms with Crippen LogP contribution in [-0.2, 0) is 19.1 Å². The summed E-state index contributed by atoms with van der Waals surface area (Å²) < 4.78 is 5.82. The van der Waals surface area contributed by atoms with Gasteiger partial charge in [-0.05, 0) is 89.5 Å². The highest BCUT2D eigenvalue weighted by molar-refractivity contribution is 5.80. The maximum atomic E-state index is 12.6. The van der Waals surface area contributed by atoms with Gasteiger partial charge in [-0.1, -0.05) is 145 Å². The van der Waals surface area contributed by atoms with Gasteiger partial charge in [0.2, 0.25) is 5.91 Å². The van der Waals surface area contributed by atoms with E-state index in [1.165, 1.54) is 77.0 Å². The number of allylic oxidation sites excluding steroid dienone is 11. The van der Waals surface area contributed by atoms with Crippen LogP contribution in [0.5, 0.6) is 0 Å². The number of carboxylic acid groups (broad SMARTS) is 1. The number of carbonyl (C=O) groups is 3. The predicted molar refractivity (Wildman–Crippen MR) is 212 cm³/mol. The molecule has 0 bridgehead atoms. The fraction of sp³-hybridized carbons (Fsp3) is 0.659. The van der Waals surface area contributed by atoms with Crippen LogP contribution in [0.15, 0.2) is 72.9 Å². The molecule has 6 heteroatoms. The van der Waals surface area contributed by atoms with Gasteiger partial charge in [-0.3, -0.25) is 14.4 Å². The van der Waals surface area contributed by atoms with Crippen LogP contribution in [0.2, 0.25) is 0 Å². The maximum absolute atomic E-state index is 12.6. The lowest BCUT2D eigenvalue weighted by Gasteiger charge is -2.14. The Kier molecular flexibility index (Phi) is 36.2. The predicted octanol–water partition coefficient (Wildman–Crippen LogP) is 12.2. The minimum absolute atomic E-state index is 0.164. The minimum atomic E-state index is -1.05. The zero-order chi connectivity index (χ0) is 36.6. The summed E-state index contributed by atoms with van der Waals surface area (Å²) >= 11 is 0. The molecule has 2 N–H and O–H groups in total. The summed E-state index contributed by atoms with van der Waals surface area (Å²) in [6.45, 7) is 4.04. The fourth-order valence-corrected chi connectivity index (χ4v) is 5.39. The number of esters is 1. The number of amides is 1. The number of ether oxygens (including phenoxy) is 1. The molecule has 0 aliphatic carbocycles. The first-order chi connectivity index (χ1) is 24.5. The Bertz CT molecular complexity index is 990. The molecule has 0 spiro atoms. The van der Waals surface area contributed by atoms with E-state index in [2.05, 4.69) is 79.9 Å². The molecule has 0 aromatic heterocycles. The summed E-state index contributed by atoms with van der Waals surface area (Å²) in [5.74, 6) is -1.49. The first-order valence-corrected chi connectivity index (χ1v) is 20.1. The second-order valence-electron chi connectivity index (χ2n) is 13.2. The number of nitrogens with one attached hydrogen (secondary N) is 1. The molecular weight excluding hydrogens is 622 g/mol. The van der Waals surface area contributed by atoms with Gasteiger partial charge in [0.05, 0.1) is 0 Å². The molecule has 0 aliphatic heterocycles. The van der Waals surface area contributed by atoms with Gasteiger partial charge in [0.1, 0.15) is 12.6 Å². The van der Waals surface area contributed by atoms with Crippen molar-refractivity contribution in [2.24, 2.45) is 0 Å². The highest BCUT2D eigenvalue weighted by Gasteiger charge is 2.12. The van der Waals surface area contributed by atoms with Crippen LogP contribution in [0.3, 0.4) is 0 Å². The molecule has 0 aromatic rings. The van der Waals surface area contributed by atoms with Crippen molar-refractivity contribution in [1.82, 2.24) is 5.32 Å². The van der Waals surface area contributed by atoms with Gasteiger partial charge in [0, 0.05) is 12.8 Å². The zero-order valence-electron chi connectivity index (χ0n) is 32.0. The van der Waals surface area contributed by atoms with E-state index < -0.39 is 5.97 Å². The summed E-state index contributed by atoms with van der Waals surface area (Å²) in [5, 5.41) is 11.1. The molecule has 0 fully saturated rings. The van der Waals surface area contributed by atoms with Crippen molar-refractivity contribution in [3.63, 3.8) is 0 Å². The van der Waals surface area contributed by atoms with Crippen molar-refractivity contribution in [3.05, 3.63) is 72.9 Å². The molecule has 0 aromatic carbocycles. The highest BCUT2D eigenvalue weighted by atomic mass is 16.5. The van der Waals surface area contributed by atoms with E-state index in [-0.39, 0.29) is 30.9 Å². The summed E-state index contributed by atoms with van der Waals surface area (Å²) in [6, 6.07) is 0. The maximum Gasteiger partial charge on any atom is 0.322 e. The van der Waals surface area contributed by atoms with E-state index in [1.54, 1.807) is 0 Å². The van der Waals surface area contributed by atoms with Crippen LogP contribution >= 0.6 is 0 Å². The van der Waals surface area contributed by atoms with Crippen LogP contribution in [-0.4, -0.2) is 35.6 Å². The molecule has 6 nitrogen and oxygen atoms in total. The molecule has 1 unspecified atom stereocenters. The van der Waals surface area contributed by atoms with Crippen molar-refractivity contribution in [2.75, 3.05) is 6.54 Å². The summed E-state index contributed by atoms with van der Waals surface area (Å²) in [4.78, 5) is 35.1. The van der Waals surface area contributed by atoms with Crippen molar-refractivity contribution in [2.45, 2.75) is 180 Å². The van der Waals surface area contributed by atoms with Gasteiger partial charge in [0.25, 0.3) is 0 Å². The van der Waals surface area contributed by atoms with Gasteiger partial charge in [0.15, 0.2) is 0 Å². The van der Waals surface area contributed by atoms with Crippen LogP contribution in [0.4, 0.5) is 0 Å². The molecule has 1 amide bonds. The van der Waals surface area contributed by atoms with Gasteiger partial charge in [-0.2, -0.15) is 0 Å². The van der Waals surface area contributed by atoms with E-state index in [4.69, 9.17) is 9.84 Å². The van der Waals surface area contributed by atoms with Gasteiger partial charge < -0.3 is 15.2 Å². The van der Waals surface area contributed by atoms with Crippen LogP contribution in [0.25, 0.3) is 0 Å². The number of rotatable bonds is 35. The largest absolute Gasteiger partial charge is 0.480 e. The summed E-state index contributed by atoms with van der Waals surface area (Å²) in [7, 11) is 0. The lowest BCUT2D eigenvalue weighted by atomic mass is 10.1. The number of unbranched alkanes of at least 4 members (excludes halogenated alkanes) is 14. The third-order valence-electron chi connectivity index (χ3n) is 8.35. The molecule has 0 aliphatic rings. The first-order valence-electron chi connectivity index (χ1n) is 20.1. The molecule has 0 heterocycles. The van der Waals surface area contributed by atoms with Crippen molar-refractivity contribution >= 4 is 17.8 Å². The van der Waals surface area contributed by atoms with Crippen molar-refractivity contribution in [1.29, 1.82) is 0 Å². The lowest BCUT2D eigenvalue weighted by molar-refractivity contribution is -0.147. The standard InChI is InChI=1S/C44H73NO5/c1-3-5-7-9-11-13-15-17-19-20-21-23-25-27-29-31-33-39-44(49)50-41(37-34-35-38-42(46)45-40-43(47)48)36-32-30-28-26-24-22-18-16-14-12-10-8-6-4-2/h6,8,12,14,17-19,22,26,28,32,36,41H,3-5,7,9-11,13,15-16,20-21,23-25,27,29-31,33-35,37-40H2,1-2H3,(H,45,46)(H,47,48)/b8-6-,14-12-,19-17-,22-18-,28-26-,36-32-. The van der Waals surface area contributed by atoms with E-state index >= 15 is 0 Å². The molecule has 0 saturated heterocycles. The van der Waals surface area contributed by atoms with E-state index in [9.17, 15) is 14.4 Å². The molecule has 1 atom stereocenters. The Morgan fingerprint density at radius 1 is 0.560 bits per heavy atom. The van der Waals surface area contributed by atoms with Crippen LogP contribution < -0.4 is 5.32 Å². The molecule has 50 heavy (non-hydrogen) atoms. The number of carboxylic acids is 1. The molecule has 0 saturated carbocycles. The Morgan fingerprint density at radius 2 is 1.04 bits per heavy atom. The lowest BCUT2D eigenvalue weighted by Crippen LogP contribution is -2.28. The molecule has 0 rings (SSSR count). The highest BCUT2D eigenvalue weighted by Crippen LogP contribution is 2.14. The monoisotopic (exact) mass is 696 g/mol. The molecule has 284 valence electrons. The molecular formula is C44H73NO5. The SMILES string of the molecule is CC/C=C\C/C=C\C/C=C\C/C=C\C/C=C\C(CCCCC(=O)NCC(=O)O)OC(=O)CCCCCCCCC/C=C\CCCCCCCC. The van der Waals surface area contributed by atoms with E-state index in [0.29, 0.717) is 25.7 Å². The number of aliphatic carboxylic acids is 1. The van der Waals surface area contributed by atoms with Gasteiger partial charge in [-0.15, -0.1) is 0 Å². The average molecular weight is 696 g/mol. The summed E-state index contributed by atoms with van der Waals surface area (Å²) in [5.41, 5.74) is 0. The van der Waals surface area contributed by atoms with E-state index in [0.717, 1.165) is 51.4 Å². The van der Waals surface area contributed by atoms with Gasteiger partial charge >= 0.3 is 11.9 Å². The van der Waals surface area contributed by atoms with Gasteiger partial charge in [-0.25, -0.2) is 0 Å². The Hall–Kier alpha value is -3.15. The number of hydrogen-bond donors (Lipinski definition) is 2. The minimum Gasteiger partial charge on any atom is -0.480 e. The second-order valence-corrected chi connectivity index (χ2v) is 13.2. The third-order valence-corrected chi connectivity index (χ3v) is 8.35. The third kappa shape index (κ3) is 37.7. The van der Waals surface area contributed by atoms with Crippen molar-refractivity contribution < 1.29 is 24.2 Å². The fourth-order valence-electron chi connectivity index (χ4n) is 5.39.